The quantitative estimate of drug-likeness (QED) is 0.657. The van der Waals surface area contributed by atoms with Crippen molar-refractivity contribution < 1.29 is 0 Å². The van der Waals surface area contributed by atoms with Crippen LogP contribution in [0.1, 0.15) is 52.4 Å². The number of likely N-dealkylation sites (N-methyl/N-ethyl adjacent to an activating group) is 2. The predicted molar refractivity (Wildman–Crippen MR) is 84.8 cm³/mol. The molecule has 1 unspecified atom stereocenters. The fourth-order valence-electron chi connectivity index (χ4n) is 3.26. The van der Waals surface area contributed by atoms with E-state index in [4.69, 9.17) is 0 Å². The van der Waals surface area contributed by atoms with Gasteiger partial charge in [0.15, 0.2) is 0 Å². The first-order valence-corrected chi connectivity index (χ1v) is 8.13. The Kier molecular flexibility index (Phi) is 7.33. The summed E-state index contributed by atoms with van der Waals surface area (Å²) >= 11 is 0. The van der Waals surface area contributed by atoms with Gasteiger partial charge in [0.2, 0.25) is 0 Å². The van der Waals surface area contributed by atoms with Crippen LogP contribution in [0.15, 0.2) is 0 Å². The van der Waals surface area contributed by atoms with Gasteiger partial charge < -0.3 is 15.1 Å². The second-order valence-electron chi connectivity index (χ2n) is 6.52. The highest BCUT2D eigenvalue weighted by Gasteiger charge is 2.39. The van der Waals surface area contributed by atoms with E-state index in [0.29, 0.717) is 11.6 Å². The van der Waals surface area contributed by atoms with E-state index >= 15 is 0 Å². The lowest BCUT2D eigenvalue weighted by Gasteiger charge is -2.49. The van der Waals surface area contributed by atoms with Crippen molar-refractivity contribution in [1.82, 2.24) is 15.1 Å². The van der Waals surface area contributed by atoms with Gasteiger partial charge in [0.1, 0.15) is 0 Å². The largest absolute Gasteiger partial charge is 0.314 e. The fourth-order valence-corrected chi connectivity index (χ4v) is 3.26. The molecule has 1 rings (SSSR count). The van der Waals surface area contributed by atoms with E-state index < -0.39 is 0 Å². The number of nitrogens with one attached hydrogen (secondary N) is 1. The molecule has 3 heteroatoms. The molecule has 3 nitrogen and oxygen atoms in total. The molecule has 0 saturated heterocycles. The van der Waals surface area contributed by atoms with Gasteiger partial charge in [0, 0.05) is 18.1 Å². The van der Waals surface area contributed by atoms with Gasteiger partial charge in [-0.15, -0.1) is 0 Å². The smallest absolute Gasteiger partial charge is 0.0330 e. The SMILES string of the molecule is CCNC(CC)CCCN(C)CC1(N(C)C)CCC1. The molecule has 0 aromatic rings. The summed E-state index contributed by atoms with van der Waals surface area (Å²) in [6.07, 6.45) is 8.03. The van der Waals surface area contributed by atoms with Crippen molar-refractivity contribution in [1.29, 1.82) is 0 Å². The van der Waals surface area contributed by atoms with Crippen molar-refractivity contribution >= 4 is 0 Å². The first kappa shape index (κ1) is 16.9. The predicted octanol–water partition coefficient (Wildman–Crippen LogP) is 2.57. The maximum atomic E-state index is 3.57. The minimum absolute atomic E-state index is 0.473. The molecule has 1 aliphatic rings. The van der Waals surface area contributed by atoms with Crippen LogP contribution in [0, 0.1) is 0 Å². The molecule has 0 amide bonds. The molecule has 19 heavy (non-hydrogen) atoms. The average molecular weight is 269 g/mol. The molecule has 0 aromatic carbocycles. The lowest BCUT2D eigenvalue weighted by Crippen LogP contribution is -2.56. The molecule has 1 saturated carbocycles. The van der Waals surface area contributed by atoms with Crippen LogP contribution in [0.5, 0.6) is 0 Å². The molecule has 0 aliphatic heterocycles. The Morgan fingerprint density at radius 2 is 1.84 bits per heavy atom. The van der Waals surface area contributed by atoms with Gasteiger partial charge in [-0.1, -0.05) is 13.8 Å². The monoisotopic (exact) mass is 269 g/mol. The van der Waals surface area contributed by atoms with Gasteiger partial charge in [0.05, 0.1) is 0 Å². The zero-order valence-electron chi connectivity index (χ0n) is 13.8. The third kappa shape index (κ3) is 5.05. The Labute approximate surface area is 120 Å². The van der Waals surface area contributed by atoms with Gasteiger partial charge >= 0.3 is 0 Å². The Morgan fingerprint density at radius 1 is 1.16 bits per heavy atom. The minimum atomic E-state index is 0.473. The molecule has 0 spiro atoms. The summed E-state index contributed by atoms with van der Waals surface area (Å²) in [6, 6.07) is 0.713. The normalized spacial score (nSPS) is 19.7. The summed E-state index contributed by atoms with van der Waals surface area (Å²) in [7, 11) is 6.77. The zero-order valence-corrected chi connectivity index (χ0v) is 13.8. The highest BCUT2D eigenvalue weighted by atomic mass is 15.2. The average Bonchev–Trinajstić information content (AvgIpc) is 2.32. The molecule has 0 radical (unpaired) electrons. The number of rotatable bonds is 10. The maximum Gasteiger partial charge on any atom is 0.0330 e. The van der Waals surface area contributed by atoms with E-state index in [2.05, 4.69) is 50.1 Å². The van der Waals surface area contributed by atoms with E-state index in [1.807, 2.05) is 0 Å². The van der Waals surface area contributed by atoms with Crippen LogP contribution < -0.4 is 5.32 Å². The van der Waals surface area contributed by atoms with E-state index in [-0.39, 0.29) is 0 Å². The van der Waals surface area contributed by atoms with E-state index in [9.17, 15) is 0 Å². The standard InChI is InChI=1S/C16H35N3/c1-6-15(17-7-2)10-8-13-19(5)14-16(18(3)4)11-9-12-16/h15,17H,6-14H2,1-5H3. The Hall–Kier alpha value is -0.120. The number of hydrogen-bond acceptors (Lipinski definition) is 3. The molecule has 1 atom stereocenters. The van der Waals surface area contributed by atoms with Crippen molar-refractivity contribution in [3.63, 3.8) is 0 Å². The molecular weight excluding hydrogens is 234 g/mol. The molecule has 0 heterocycles. The second kappa shape index (κ2) is 8.23. The molecule has 0 bridgehead atoms. The van der Waals surface area contributed by atoms with Crippen LogP contribution in [0.2, 0.25) is 0 Å². The van der Waals surface area contributed by atoms with Crippen molar-refractivity contribution in [3.05, 3.63) is 0 Å². The lowest BCUT2D eigenvalue weighted by atomic mass is 9.75. The summed E-state index contributed by atoms with van der Waals surface area (Å²) in [4.78, 5) is 4.98. The number of hydrogen-bond donors (Lipinski definition) is 1. The van der Waals surface area contributed by atoms with Crippen LogP contribution in [0.4, 0.5) is 0 Å². The second-order valence-corrected chi connectivity index (χ2v) is 6.52. The lowest BCUT2D eigenvalue weighted by molar-refractivity contribution is 0.0274. The third-order valence-electron chi connectivity index (χ3n) is 4.88. The summed E-state index contributed by atoms with van der Waals surface area (Å²) < 4.78 is 0. The van der Waals surface area contributed by atoms with Crippen molar-refractivity contribution in [2.45, 2.75) is 64.0 Å². The molecule has 1 aliphatic carbocycles. The summed E-state index contributed by atoms with van der Waals surface area (Å²) in [5.74, 6) is 0. The molecule has 0 aromatic heterocycles. The van der Waals surface area contributed by atoms with Gasteiger partial charge in [-0.05, 0) is 72.8 Å². The topological polar surface area (TPSA) is 18.5 Å². The first-order valence-electron chi connectivity index (χ1n) is 8.13. The van der Waals surface area contributed by atoms with Crippen molar-refractivity contribution in [2.75, 3.05) is 40.8 Å². The Morgan fingerprint density at radius 3 is 2.26 bits per heavy atom. The van der Waals surface area contributed by atoms with Gasteiger partial charge in [-0.25, -0.2) is 0 Å². The maximum absolute atomic E-state index is 3.57. The van der Waals surface area contributed by atoms with E-state index in [1.165, 1.54) is 51.6 Å². The Bertz CT molecular complexity index is 236. The summed E-state index contributed by atoms with van der Waals surface area (Å²) in [6.45, 7) is 8.05. The molecule has 1 N–H and O–H groups in total. The summed E-state index contributed by atoms with van der Waals surface area (Å²) in [5.41, 5.74) is 0.473. The van der Waals surface area contributed by atoms with E-state index in [0.717, 1.165) is 6.54 Å². The molecular formula is C16H35N3. The van der Waals surface area contributed by atoms with Crippen LogP contribution in [-0.4, -0.2) is 62.2 Å². The van der Waals surface area contributed by atoms with Crippen LogP contribution >= 0.6 is 0 Å². The van der Waals surface area contributed by atoms with Crippen LogP contribution in [-0.2, 0) is 0 Å². The highest BCUT2D eigenvalue weighted by molar-refractivity contribution is 4.97. The third-order valence-corrected chi connectivity index (χ3v) is 4.88. The summed E-state index contributed by atoms with van der Waals surface area (Å²) in [5, 5.41) is 3.57. The first-order chi connectivity index (χ1) is 9.04. The van der Waals surface area contributed by atoms with Gasteiger partial charge in [-0.3, -0.25) is 0 Å². The van der Waals surface area contributed by atoms with Crippen LogP contribution in [0.25, 0.3) is 0 Å². The molecule has 114 valence electrons. The van der Waals surface area contributed by atoms with Crippen molar-refractivity contribution in [2.24, 2.45) is 0 Å². The highest BCUT2D eigenvalue weighted by Crippen LogP contribution is 2.36. The minimum Gasteiger partial charge on any atom is -0.314 e. The van der Waals surface area contributed by atoms with E-state index in [1.54, 1.807) is 0 Å². The van der Waals surface area contributed by atoms with Crippen LogP contribution in [0.3, 0.4) is 0 Å². The van der Waals surface area contributed by atoms with Crippen molar-refractivity contribution in [3.8, 4) is 0 Å². The van der Waals surface area contributed by atoms with Gasteiger partial charge in [-0.2, -0.15) is 0 Å². The zero-order chi connectivity index (χ0) is 14.3. The van der Waals surface area contributed by atoms with Gasteiger partial charge in [0.25, 0.3) is 0 Å². The molecule has 1 fully saturated rings. The number of nitrogens with zero attached hydrogens (tertiary/aromatic N) is 2. The fraction of sp³-hybridized carbons (Fsp3) is 1.00. The Balaban J connectivity index is 2.22.